The van der Waals surface area contributed by atoms with Gasteiger partial charge in [0.05, 0.1) is 19.6 Å². The van der Waals surface area contributed by atoms with Gasteiger partial charge in [0.1, 0.15) is 0 Å². The minimum atomic E-state index is -0.336. The van der Waals surface area contributed by atoms with E-state index in [1.807, 2.05) is 24.3 Å². The molecule has 1 aliphatic heterocycles. The van der Waals surface area contributed by atoms with Crippen LogP contribution in [0.5, 0.6) is 0 Å². The average molecular weight is 323 g/mol. The molecule has 8 heteroatoms. The molecule has 0 spiro atoms. The van der Waals surface area contributed by atoms with Crippen molar-refractivity contribution in [2.24, 2.45) is 4.99 Å². The quantitative estimate of drug-likeness (QED) is 0.459. The Morgan fingerprint density at radius 1 is 1.55 bits per heavy atom. The van der Waals surface area contributed by atoms with Crippen molar-refractivity contribution in [3.8, 4) is 0 Å². The number of carbonyl (C=O) groups is 2. The molecule has 0 bridgehead atoms. The number of amides is 3. The zero-order valence-corrected chi connectivity index (χ0v) is 13.7. The van der Waals surface area contributed by atoms with Crippen LogP contribution in [0.25, 0.3) is 0 Å². The summed E-state index contributed by atoms with van der Waals surface area (Å²) in [5.41, 5.74) is 1.23. The zero-order chi connectivity index (χ0) is 15.9. The maximum Gasteiger partial charge on any atom is 0.324 e. The van der Waals surface area contributed by atoms with Gasteiger partial charge in [0.25, 0.3) is 0 Å². The summed E-state index contributed by atoms with van der Waals surface area (Å²) in [6, 6.07) is 1.75. The average Bonchev–Trinajstić information content (AvgIpc) is 3.10. The van der Waals surface area contributed by atoms with Crippen LogP contribution in [-0.4, -0.2) is 60.9 Å². The normalized spacial score (nSPS) is 15.2. The van der Waals surface area contributed by atoms with Crippen molar-refractivity contribution in [3.63, 3.8) is 0 Å². The summed E-state index contributed by atoms with van der Waals surface area (Å²) in [6.45, 7) is 4.29. The van der Waals surface area contributed by atoms with Gasteiger partial charge in [-0.25, -0.2) is 4.79 Å². The summed E-state index contributed by atoms with van der Waals surface area (Å²) in [5, 5.41) is 9.87. The first-order valence-electron chi connectivity index (χ1n) is 7.20. The molecule has 3 amide bonds. The van der Waals surface area contributed by atoms with Crippen LogP contribution in [0.3, 0.4) is 0 Å². The summed E-state index contributed by atoms with van der Waals surface area (Å²) in [5.74, 6) is 0.567. The number of carbonyl (C=O) groups excluding carboxylic acids is 2. The van der Waals surface area contributed by atoms with Crippen LogP contribution in [-0.2, 0) is 11.3 Å². The monoisotopic (exact) mass is 323 g/mol. The lowest BCUT2D eigenvalue weighted by Gasteiger charge is -2.22. The summed E-state index contributed by atoms with van der Waals surface area (Å²) in [6.07, 6.45) is 0. The minimum absolute atomic E-state index is 0.0840. The molecule has 22 heavy (non-hydrogen) atoms. The number of nitrogens with zero attached hydrogens (tertiary/aromatic N) is 3. The Morgan fingerprint density at radius 3 is 2.95 bits per heavy atom. The fraction of sp³-hybridized carbons (Fsp3) is 0.500. The molecule has 0 aliphatic carbocycles. The van der Waals surface area contributed by atoms with Gasteiger partial charge >= 0.3 is 6.03 Å². The van der Waals surface area contributed by atoms with Crippen molar-refractivity contribution < 1.29 is 9.59 Å². The van der Waals surface area contributed by atoms with E-state index >= 15 is 0 Å². The molecule has 0 saturated carbocycles. The van der Waals surface area contributed by atoms with Crippen molar-refractivity contribution in [3.05, 3.63) is 22.4 Å². The van der Waals surface area contributed by atoms with Crippen LogP contribution in [0, 0.1) is 0 Å². The van der Waals surface area contributed by atoms with E-state index in [2.05, 4.69) is 27.1 Å². The molecule has 1 aliphatic rings. The van der Waals surface area contributed by atoms with Crippen molar-refractivity contribution in [1.82, 2.24) is 20.4 Å². The fourth-order valence-electron chi connectivity index (χ4n) is 2.14. The van der Waals surface area contributed by atoms with E-state index in [1.54, 1.807) is 11.3 Å². The van der Waals surface area contributed by atoms with E-state index in [-0.39, 0.29) is 18.5 Å². The van der Waals surface area contributed by atoms with Crippen molar-refractivity contribution in [2.45, 2.75) is 13.5 Å². The molecular formula is C14H21N5O2S. The Morgan fingerprint density at radius 2 is 2.36 bits per heavy atom. The molecule has 120 valence electrons. The van der Waals surface area contributed by atoms with Crippen molar-refractivity contribution in [1.29, 1.82) is 0 Å². The second-order valence-electron chi connectivity index (χ2n) is 4.93. The van der Waals surface area contributed by atoms with Gasteiger partial charge in [-0.3, -0.25) is 14.7 Å². The van der Waals surface area contributed by atoms with Crippen LogP contribution in [0.15, 0.2) is 21.8 Å². The third-order valence-corrected chi connectivity index (χ3v) is 3.95. The van der Waals surface area contributed by atoms with Crippen LogP contribution < -0.4 is 10.6 Å². The molecule has 0 aromatic carbocycles. The fourth-order valence-corrected chi connectivity index (χ4v) is 2.80. The number of imide groups is 1. The van der Waals surface area contributed by atoms with Gasteiger partial charge in [0.2, 0.25) is 5.91 Å². The van der Waals surface area contributed by atoms with Crippen LogP contribution in [0.4, 0.5) is 4.79 Å². The van der Waals surface area contributed by atoms with Crippen molar-refractivity contribution >= 4 is 29.2 Å². The smallest absolute Gasteiger partial charge is 0.324 e. The van der Waals surface area contributed by atoms with E-state index in [0.717, 1.165) is 19.0 Å². The van der Waals surface area contributed by atoms with E-state index in [1.165, 1.54) is 10.5 Å². The topological polar surface area (TPSA) is 77.0 Å². The summed E-state index contributed by atoms with van der Waals surface area (Å²) < 4.78 is 0. The predicted octanol–water partition coefficient (Wildman–Crippen LogP) is 0.697. The van der Waals surface area contributed by atoms with Crippen LogP contribution >= 0.6 is 11.3 Å². The van der Waals surface area contributed by atoms with Crippen molar-refractivity contribution in [2.75, 3.05) is 33.2 Å². The lowest BCUT2D eigenvalue weighted by Crippen LogP contribution is -2.39. The lowest BCUT2D eigenvalue weighted by atomic mass is 10.3. The number of hydrogen-bond acceptors (Lipinski definition) is 4. The molecule has 1 saturated heterocycles. The molecule has 2 N–H and O–H groups in total. The van der Waals surface area contributed by atoms with Gasteiger partial charge in [-0.05, 0) is 29.3 Å². The van der Waals surface area contributed by atoms with Gasteiger partial charge in [-0.2, -0.15) is 11.3 Å². The van der Waals surface area contributed by atoms with Crippen LogP contribution in [0.2, 0.25) is 0 Å². The largest absolute Gasteiger partial charge is 0.357 e. The van der Waals surface area contributed by atoms with Crippen LogP contribution in [0.1, 0.15) is 12.5 Å². The number of thiophene rings is 1. The second kappa shape index (κ2) is 7.79. The van der Waals surface area contributed by atoms with E-state index in [0.29, 0.717) is 13.1 Å². The van der Waals surface area contributed by atoms with Gasteiger partial charge in [-0.1, -0.05) is 0 Å². The molecule has 1 aromatic heterocycles. The van der Waals surface area contributed by atoms with Gasteiger partial charge in [-0.15, -0.1) is 0 Å². The molecule has 1 fully saturated rings. The Labute approximate surface area is 134 Å². The number of guanidine groups is 1. The Balaban J connectivity index is 1.91. The molecule has 1 aromatic rings. The van der Waals surface area contributed by atoms with E-state index < -0.39 is 0 Å². The molecule has 2 heterocycles. The molecular weight excluding hydrogens is 302 g/mol. The summed E-state index contributed by atoms with van der Waals surface area (Å²) in [7, 11) is 1.97. The Bertz CT molecular complexity index is 527. The first kappa shape index (κ1) is 16.3. The zero-order valence-electron chi connectivity index (χ0n) is 12.8. The maximum atomic E-state index is 11.5. The highest BCUT2D eigenvalue weighted by Crippen LogP contribution is 2.08. The first-order valence-corrected chi connectivity index (χ1v) is 8.14. The third kappa shape index (κ3) is 4.20. The lowest BCUT2D eigenvalue weighted by molar-refractivity contribution is -0.124. The molecule has 0 radical (unpaired) electrons. The van der Waals surface area contributed by atoms with E-state index in [9.17, 15) is 9.59 Å². The molecule has 7 nitrogen and oxygen atoms in total. The number of hydrogen-bond donors (Lipinski definition) is 2. The highest BCUT2D eigenvalue weighted by atomic mass is 32.1. The molecule has 0 atom stereocenters. The number of urea groups is 1. The first-order chi connectivity index (χ1) is 10.6. The third-order valence-electron chi connectivity index (χ3n) is 3.22. The number of aliphatic imine (C=N–C) groups is 1. The summed E-state index contributed by atoms with van der Waals surface area (Å²) in [4.78, 5) is 30.7. The highest BCUT2D eigenvalue weighted by molar-refractivity contribution is 7.07. The molecule has 0 unspecified atom stereocenters. The van der Waals surface area contributed by atoms with E-state index in [4.69, 9.17) is 0 Å². The van der Waals surface area contributed by atoms with Gasteiger partial charge < -0.3 is 15.5 Å². The maximum absolute atomic E-state index is 11.5. The summed E-state index contributed by atoms with van der Waals surface area (Å²) >= 11 is 1.67. The van der Waals surface area contributed by atoms with Gasteiger partial charge in [0, 0.05) is 20.1 Å². The Kier molecular flexibility index (Phi) is 5.76. The second-order valence-corrected chi connectivity index (χ2v) is 5.71. The standard InChI is InChI=1S/C14H21N5O2S/c1-3-15-13(18(2)9-11-4-7-22-10-11)16-5-6-19-12(20)8-17-14(19)21/h4,7,10H,3,5-6,8-9H2,1-2H3,(H,15,16)(H,17,21). The van der Waals surface area contributed by atoms with Gasteiger partial charge in [0.15, 0.2) is 5.96 Å². The number of rotatable bonds is 6. The molecule has 2 rings (SSSR count). The number of nitrogens with one attached hydrogen (secondary N) is 2. The predicted molar refractivity (Wildman–Crippen MR) is 86.9 cm³/mol. The SMILES string of the molecule is CCNC(=NCCN1C(=O)CNC1=O)N(C)Cc1ccsc1. The minimum Gasteiger partial charge on any atom is -0.357 e. The Hall–Kier alpha value is -2.09. The highest BCUT2D eigenvalue weighted by Gasteiger charge is 2.27.